The van der Waals surface area contributed by atoms with Gasteiger partial charge in [0, 0.05) is 12.7 Å². The maximum Gasteiger partial charge on any atom is 0.255 e. The van der Waals surface area contributed by atoms with Crippen molar-refractivity contribution in [3.05, 3.63) is 76.9 Å². The minimum atomic E-state index is -0.487. The van der Waals surface area contributed by atoms with E-state index in [-0.39, 0.29) is 18.5 Å². The van der Waals surface area contributed by atoms with Crippen molar-refractivity contribution in [2.45, 2.75) is 19.1 Å². The highest BCUT2D eigenvalue weighted by atomic mass is 16.5. The first-order valence-corrected chi connectivity index (χ1v) is 8.19. The van der Waals surface area contributed by atoms with E-state index in [2.05, 4.69) is 6.07 Å². The van der Waals surface area contributed by atoms with E-state index in [0.717, 1.165) is 16.7 Å². The summed E-state index contributed by atoms with van der Waals surface area (Å²) in [7, 11) is 1.55. The van der Waals surface area contributed by atoms with E-state index in [4.69, 9.17) is 4.74 Å². The molecule has 0 aromatic heterocycles. The summed E-state index contributed by atoms with van der Waals surface area (Å²) in [5.41, 5.74) is 3.68. The Morgan fingerprint density at radius 1 is 1.20 bits per heavy atom. The molecule has 1 aliphatic heterocycles. The van der Waals surface area contributed by atoms with Gasteiger partial charge in [0.05, 0.1) is 18.7 Å². The van der Waals surface area contributed by atoms with Crippen molar-refractivity contribution in [3.8, 4) is 6.07 Å². The third kappa shape index (κ3) is 3.47. The van der Waals surface area contributed by atoms with Crippen LogP contribution in [0.2, 0.25) is 0 Å². The summed E-state index contributed by atoms with van der Waals surface area (Å²) in [6.07, 6.45) is 1.33. The van der Waals surface area contributed by atoms with Gasteiger partial charge in [0.1, 0.15) is 0 Å². The molecule has 0 saturated carbocycles. The predicted octanol–water partition coefficient (Wildman–Crippen LogP) is 3.50. The average molecular weight is 332 g/mol. The van der Waals surface area contributed by atoms with Crippen LogP contribution in [0.25, 0.3) is 6.08 Å². The number of hydrogen-bond acceptors (Lipinski definition) is 3. The fourth-order valence-corrected chi connectivity index (χ4v) is 3.09. The van der Waals surface area contributed by atoms with Crippen LogP contribution < -0.4 is 0 Å². The van der Waals surface area contributed by atoms with E-state index >= 15 is 0 Å². The van der Waals surface area contributed by atoms with Crippen molar-refractivity contribution in [1.82, 2.24) is 4.90 Å². The van der Waals surface area contributed by atoms with Gasteiger partial charge in [-0.15, -0.1) is 0 Å². The van der Waals surface area contributed by atoms with Gasteiger partial charge in [-0.05, 0) is 24.1 Å². The molecule has 1 fully saturated rings. The first kappa shape index (κ1) is 16.9. The Kier molecular flexibility index (Phi) is 4.97. The zero-order valence-corrected chi connectivity index (χ0v) is 14.3. The van der Waals surface area contributed by atoms with Gasteiger partial charge in [-0.2, -0.15) is 5.26 Å². The van der Waals surface area contributed by atoms with E-state index in [1.165, 1.54) is 0 Å². The molecule has 0 aliphatic carbocycles. The topological polar surface area (TPSA) is 53.3 Å². The van der Waals surface area contributed by atoms with Crippen molar-refractivity contribution in [3.63, 3.8) is 0 Å². The van der Waals surface area contributed by atoms with Gasteiger partial charge in [-0.3, -0.25) is 4.79 Å². The average Bonchev–Trinajstić information content (AvgIpc) is 2.64. The zero-order valence-electron chi connectivity index (χ0n) is 14.3. The van der Waals surface area contributed by atoms with E-state index in [9.17, 15) is 10.1 Å². The van der Waals surface area contributed by atoms with Crippen molar-refractivity contribution in [2.24, 2.45) is 0 Å². The van der Waals surface area contributed by atoms with Gasteiger partial charge >= 0.3 is 0 Å². The molecule has 1 amide bonds. The van der Waals surface area contributed by atoms with Crippen molar-refractivity contribution < 1.29 is 9.53 Å². The molecule has 25 heavy (non-hydrogen) atoms. The smallest absolute Gasteiger partial charge is 0.255 e. The molecule has 1 heterocycles. The Bertz CT molecular complexity index is 819. The molecule has 0 bridgehead atoms. The first-order valence-electron chi connectivity index (χ1n) is 8.19. The monoisotopic (exact) mass is 332 g/mol. The summed E-state index contributed by atoms with van der Waals surface area (Å²) in [6.45, 7) is 2.31. The van der Waals surface area contributed by atoms with Crippen molar-refractivity contribution in [1.29, 1.82) is 5.26 Å². The highest BCUT2D eigenvalue weighted by Gasteiger charge is 2.48. The van der Waals surface area contributed by atoms with E-state index in [1.807, 2.05) is 67.6 Å². The molecule has 3 rings (SSSR count). The maximum atomic E-state index is 12.4. The SMILES string of the molecule is CO[C@@H]1C(=O)N(C/C(C#N)=C/c2ccccc2)[C@@H]1c1ccc(C)cc1. The number of nitriles is 1. The second-order valence-electron chi connectivity index (χ2n) is 6.17. The van der Waals surface area contributed by atoms with Crippen LogP contribution in [-0.4, -0.2) is 30.6 Å². The van der Waals surface area contributed by atoms with Crippen molar-refractivity contribution >= 4 is 12.0 Å². The number of carbonyl (C=O) groups excluding carboxylic acids is 1. The second-order valence-corrected chi connectivity index (χ2v) is 6.17. The second kappa shape index (κ2) is 7.33. The number of likely N-dealkylation sites (tertiary alicyclic amines) is 1. The third-order valence-corrected chi connectivity index (χ3v) is 4.45. The lowest BCUT2D eigenvalue weighted by Gasteiger charge is -2.46. The van der Waals surface area contributed by atoms with Crippen LogP contribution in [0.3, 0.4) is 0 Å². The van der Waals surface area contributed by atoms with Crippen LogP contribution in [-0.2, 0) is 9.53 Å². The number of rotatable bonds is 5. The van der Waals surface area contributed by atoms with E-state index in [0.29, 0.717) is 5.57 Å². The van der Waals surface area contributed by atoms with Crippen LogP contribution in [0.15, 0.2) is 60.2 Å². The molecule has 4 nitrogen and oxygen atoms in total. The Hall–Kier alpha value is -2.90. The Labute approximate surface area is 148 Å². The standard InChI is InChI=1S/C21H20N2O2/c1-15-8-10-18(11-9-15)19-20(25-2)21(24)23(19)14-17(13-22)12-16-6-4-3-5-7-16/h3-12,19-20H,14H2,1-2H3/b17-12+/t19-,20+/m1/s1. The minimum Gasteiger partial charge on any atom is -0.369 e. The lowest BCUT2D eigenvalue weighted by atomic mass is 9.89. The minimum absolute atomic E-state index is 0.0812. The maximum absolute atomic E-state index is 12.4. The summed E-state index contributed by atoms with van der Waals surface area (Å²) in [6, 6.07) is 19.8. The summed E-state index contributed by atoms with van der Waals surface area (Å²) in [4.78, 5) is 14.1. The fourth-order valence-electron chi connectivity index (χ4n) is 3.09. The van der Waals surface area contributed by atoms with Crippen LogP contribution in [0.5, 0.6) is 0 Å². The molecule has 0 unspecified atom stereocenters. The number of β-lactam (4-membered cyclic amide) rings is 1. The van der Waals surface area contributed by atoms with E-state index in [1.54, 1.807) is 12.0 Å². The third-order valence-electron chi connectivity index (χ3n) is 4.45. The number of methoxy groups -OCH3 is 1. The largest absolute Gasteiger partial charge is 0.369 e. The van der Waals surface area contributed by atoms with Crippen LogP contribution in [0, 0.1) is 18.3 Å². The first-order chi connectivity index (χ1) is 12.1. The molecule has 0 spiro atoms. The summed E-state index contributed by atoms with van der Waals surface area (Å²) < 4.78 is 5.37. The van der Waals surface area contributed by atoms with Crippen LogP contribution >= 0.6 is 0 Å². The predicted molar refractivity (Wildman–Crippen MR) is 96.5 cm³/mol. The number of amides is 1. The molecule has 0 N–H and O–H groups in total. The molecule has 126 valence electrons. The highest BCUT2D eigenvalue weighted by molar-refractivity contribution is 5.89. The summed E-state index contributed by atoms with van der Waals surface area (Å²) >= 11 is 0. The Morgan fingerprint density at radius 2 is 1.88 bits per heavy atom. The number of aryl methyl sites for hydroxylation is 1. The molecule has 0 radical (unpaired) electrons. The quantitative estimate of drug-likeness (QED) is 0.622. The lowest BCUT2D eigenvalue weighted by molar-refractivity contribution is -0.170. The van der Waals surface area contributed by atoms with Gasteiger partial charge in [0.25, 0.3) is 5.91 Å². The van der Waals surface area contributed by atoms with Gasteiger partial charge in [-0.25, -0.2) is 0 Å². The number of hydrogen-bond donors (Lipinski definition) is 0. The highest BCUT2D eigenvalue weighted by Crippen LogP contribution is 2.37. The van der Waals surface area contributed by atoms with Gasteiger partial charge in [-0.1, -0.05) is 60.2 Å². The molecular formula is C21H20N2O2. The van der Waals surface area contributed by atoms with Gasteiger partial charge in [0.2, 0.25) is 0 Å². The number of benzene rings is 2. The van der Waals surface area contributed by atoms with Gasteiger partial charge in [0.15, 0.2) is 6.10 Å². The van der Waals surface area contributed by atoms with Crippen molar-refractivity contribution in [2.75, 3.05) is 13.7 Å². The molecule has 2 aromatic rings. The molecule has 2 aromatic carbocycles. The zero-order chi connectivity index (χ0) is 17.8. The number of ether oxygens (including phenoxy) is 1. The molecule has 2 atom stereocenters. The fraction of sp³-hybridized carbons (Fsp3) is 0.238. The Balaban J connectivity index is 1.84. The Morgan fingerprint density at radius 3 is 2.48 bits per heavy atom. The molecule has 4 heteroatoms. The molecule has 1 saturated heterocycles. The van der Waals surface area contributed by atoms with Gasteiger partial charge < -0.3 is 9.64 Å². The number of carbonyl (C=O) groups is 1. The summed E-state index contributed by atoms with van der Waals surface area (Å²) in [5.74, 6) is -0.0812. The normalized spacial score (nSPS) is 20.1. The lowest BCUT2D eigenvalue weighted by Crippen LogP contribution is -2.59. The summed E-state index contributed by atoms with van der Waals surface area (Å²) in [5, 5.41) is 9.47. The molecule has 1 aliphatic rings. The van der Waals surface area contributed by atoms with Crippen LogP contribution in [0.4, 0.5) is 0 Å². The van der Waals surface area contributed by atoms with Crippen LogP contribution in [0.1, 0.15) is 22.7 Å². The molecular weight excluding hydrogens is 312 g/mol. The number of nitrogens with zero attached hydrogens (tertiary/aromatic N) is 2. The van der Waals surface area contributed by atoms with E-state index < -0.39 is 6.10 Å².